The number of benzene rings is 1. The van der Waals surface area contributed by atoms with E-state index in [4.69, 9.17) is 16.3 Å². The number of methoxy groups -OCH3 is 1. The fraction of sp³-hybridized carbons (Fsp3) is 0.250. The van der Waals surface area contributed by atoms with Crippen LogP contribution in [0, 0.1) is 6.92 Å². The van der Waals surface area contributed by atoms with Crippen molar-refractivity contribution in [2.24, 2.45) is 0 Å². The summed E-state index contributed by atoms with van der Waals surface area (Å²) in [6.07, 6.45) is 1.39. The van der Waals surface area contributed by atoms with Crippen molar-refractivity contribution in [1.82, 2.24) is 15.2 Å². The molecule has 0 aliphatic heterocycles. The van der Waals surface area contributed by atoms with Crippen LogP contribution in [-0.2, 0) is 4.79 Å². The number of aryl methyl sites for hydroxylation is 1. The molecule has 0 aliphatic carbocycles. The first-order valence-electron chi connectivity index (χ1n) is 5.72. The van der Waals surface area contributed by atoms with E-state index in [1.807, 2.05) is 6.92 Å². The maximum Gasteiger partial charge on any atom is 0.234 e. The molecular weight excluding hydrogens is 300 g/mol. The lowest BCUT2D eigenvalue weighted by molar-refractivity contribution is -0.113. The average Bonchev–Trinajstić information content (AvgIpc) is 2.93. The number of ether oxygens (including phenoxy) is 1. The highest BCUT2D eigenvalue weighted by atomic mass is 35.5. The molecule has 0 atom stereocenters. The van der Waals surface area contributed by atoms with E-state index in [0.29, 0.717) is 21.6 Å². The number of nitrogens with zero attached hydrogens (tertiary/aromatic N) is 2. The molecule has 1 aromatic heterocycles. The summed E-state index contributed by atoms with van der Waals surface area (Å²) in [6.45, 7) is 1.86. The SMILES string of the molecule is COc1cc(Cl)c(C)cc1NC(=O)CSc1ncn[nH]1. The number of aromatic nitrogens is 3. The first kappa shape index (κ1) is 14.7. The molecule has 1 heterocycles. The molecule has 2 aromatic rings. The molecule has 0 spiro atoms. The molecule has 2 rings (SSSR count). The molecule has 0 fully saturated rings. The smallest absolute Gasteiger partial charge is 0.234 e. The molecule has 106 valence electrons. The van der Waals surface area contributed by atoms with Crippen LogP contribution in [0.5, 0.6) is 5.75 Å². The second-order valence-corrected chi connectivity index (χ2v) is 5.30. The summed E-state index contributed by atoms with van der Waals surface area (Å²) >= 11 is 7.28. The highest BCUT2D eigenvalue weighted by Gasteiger charge is 2.11. The lowest BCUT2D eigenvalue weighted by Gasteiger charge is -2.11. The van der Waals surface area contributed by atoms with Crippen LogP contribution in [0.2, 0.25) is 5.02 Å². The fourth-order valence-corrected chi connectivity index (χ4v) is 2.25. The Morgan fingerprint density at radius 1 is 1.55 bits per heavy atom. The third kappa shape index (κ3) is 3.64. The van der Waals surface area contributed by atoms with Crippen molar-refractivity contribution in [3.05, 3.63) is 29.0 Å². The van der Waals surface area contributed by atoms with Crippen molar-refractivity contribution in [3.63, 3.8) is 0 Å². The molecule has 2 N–H and O–H groups in total. The van der Waals surface area contributed by atoms with Crippen LogP contribution in [-0.4, -0.2) is 34.0 Å². The zero-order valence-corrected chi connectivity index (χ0v) is 12.5. The van der Waals surface area contributed by atoms with Crippen molar-refractivity contribution in [2.75, 3.05) is 18.2 Å². The summed E-state index contributed by atoms with van der Waals surface area (Å²) in [7, 11) is 1.53. The van der Waals surface area contributed by atoms with Crippen LogP contribution in [0.4, 0.5) is 5.69 Å². The number of thioether (sulfide) groups is 1. The lowest BCUT2D eigenvalue weighted by Crippen LogP contribution is -2.15. The maximum atomic E-state index is 11.9. The summed E-state index contributed by atoms with van der Waals surface area (Å²) in [5.74, 6) is 0.588. The molecule has 1 aromatic carbocycles. The van der Waals surface area contributed by atoms with Crippen molar-refractivity contribution in [1.29, 1.82) is 0 Å². The monoisotopic (exact) mass is 312 g/mol. The first-order valence-corrected chi connectivity index (χ1v) is 7.08. The van der Waals surface area contributed by atoms with E-state index in [1.54, 1.807) is 12.1 Å². The van der Waals surface area contributed by atoms with Gasteiger partial charge in [-0.3, -0.25) is 9.89 Å². The van der Waals surface area contributed by atoms with Gasteiger partial charge >= 0.3 is 0 Å². The number of rotatable bonds is 5. The number of halogens is 1. The Kier molecular flexibility index (Phi) is 4.86. The summed E-state index contributed by atoms with van der Waals surface area (Å²) in [4.78, 5) is 15.8. The van der Waals surface area contributed by atoms with E-state index < -0.39 is 0 Å². The number of carbonyl (C=O) groups excluding carboxylic acids is 1. The van der Waals surface area contributed by atoms with Crippen LogP contribution >= 0.6 is 23.4 Å². The van der Waals surface area contributed by atoms with Crippen LogP contribution < -0.4 is 10.1 Å². The van der Waals surface area contributed by atoms with Gasteiger partial charge in [-0.1, -0.05) is 23.4 Å². The van der Waals surface area contributed by atoms with Crippen molar-refractivity contribution in [3.8, 4) is 5.75 Å². The number of hydrogen-bond donors (Lipinski definition) is 2. The van der Waals surface area contributed by atoms with Gasteiger partial charge in [0.25, 0.3) is 0 Å². The first-order chi connectivity index (χ1) is 9.60. The van der Waals surface area contributed by atoms with Gasteiger partial charge in [0.1, 0.15) is 12.1 Å². The maximum absolute atomic E-state index is 11.9. The van der Waals surface area contributed by atoms with Crippen LogP contribution in [0.25, 0.3) is 0 Å². The Labute approximate surface area is 125 Å². The molecular formula is C12H13ClN4O2S. The second kappa shape index (κ2) is 6.62. The molecule has 0 saturated carbocycles. The Morgan fingerprint density at radius 2 is 2.35 bits per heavy atom. The zero-order chi connectivity index (χ0) is 14.5. The number of H-pyrrole nitrogens is 1. The molecule has 1 amide bonds. The number of carbonyl (C=O) groups is 1. The molecule has 0 aliphatic rings. The molecule has 20 heavy (non-hydrogen) atoms. The van der Waals surface area contributed by atoms with Gasteiger partial charge in [-0.05, 0) is 18.6 Å². The highest BCUT2D eigenvalue weighted by Crippen LogP contribution is 2.31. The number of nitrogens with one attached hydrogen (secondary N) is 2. The summed E-state index contributed by atoms with van der Waals surface area (Å²) in [5, 5.41) is 10.4. The topological polar surface area (TPSA) is 79.9 Å². The molecule has 0 unspecified atom stereocenters. The summed E-state index contributed by atoms with van der Waals surface area (Å²) < 4.78 is 5.20. The zero-order valence-electron chi connectivity index (χ0n) is 10.9. The largest absolute Gasteiger partial charge is 0.495 e. The number of anilines is 1. The molecule has 8 heteroatoms. The second-order valence-electron chi connectivity index (χ2n) is 3.93. The van der Waals surface area contributed by atoms with Gasteiger partial charge in [-0.2, -0.15) is 5.10 Å². The third-order valence-electron chi connectivity index (χ3n) is 2.49. The number of hydrogen-bond acceptors (Lipinski definition) is 5. The summed E-state index contributed by atoms with van der Waals surface area (Å²) in [5.41, 5.74) is 1.46. The van der Waals surface area contributed by atoms with Crippen molar-refractivity contribution >= 4 is 35.0 Å². The quantitative estimate of drug-likeness (QED) is 0.829. The minimum Gasteiger partial charge on any atom is -0.495 e. The Balaban J connectivity index is 2.01. The Morgan fingerprint density at radius 3 is 3.00 bits per heavy atom. The van der Waals surface area contributed by atoms with E-state index >= 15 is 0 Å². The van der Waals surface area contributed by atoms with Gasteiger partial charge in [0.2, 0.25) is 5.91 Å². The van der Waals surface area contributed by atoms with E-state index in [2.05, 4.69) is 20.5 Å². The van der Waals surface area contributed by atoms with Gasteiger partial charge in [0.05, 0.1) is 18.6 Å². The predicted octanol–water partition coefficient (Wildman–Crippen LogP) is 2.51. The predicted molar refractivity (Wildman–Crippen MR) is 78.5 cm³/mol. The number of aromatic amines is 1. The molecule has 0 radical (unpaired) electrons. The van der Waals surface area contributed by atoms with Crippen LogP contribution in [0.3, 0.4) is 0 Å². The fourth-order valence-electron chi connectivity index (χ4n) is 1.51. The minimum atomic E-state index is -0.161. The van der Waals surface area contributed by atoms with Crippen molar-refractivity contribution < 1.29 is 9.53 Å². The average molecular weight is 313 g/mol. The standard InChI is InChI=1S/C12H13ClN4O2S/c1-7-3-9(10(19-2)4-8(7)13)16-11(18)5-20-12-14-6-15-17-12/h3-4,6H,5H2,1-2H3,(H,16,18)(H,14,15,17). The Bertz CT molecular complexity index is 604. The van der Waals surface area contributed by atoms with Gasteiger partial charge in [-0.25, -0.2) is 4.98 Å². The lowest BCUT2D eigenvalue weighted by atomic mass is 10.2. The highest BCUT2D eigenvalue weighted by molar-refractivity contribution is 7.99. The van der Waals surface area contributed by atoms with Gasteiger partial charge < -0.3 is 10.1 Å². The normalized spacial score (nSPS) is 10.3. The van der Waals surface area contributed by atoms with E-state index in [-0.39, 0.29) is 11.7 Å². The van der Waals surface area contributed by atoms with Crippen molar-refractivity contribution in [2.45, 2.75) is 12.1 Å². The van der Waals surface area contributed by atoms with Gasteiger partial charge in [0.15, 0.2) is 5.16 Å². The van der Waals surface area contributed by atoms with Crippen LogP contribution in [0.15, 0.2) is 23.6 Å². The van der Waals surface area contributed by atoms with Gasteiger partial charge in [-0.15, -0.1) is 0 Å². The number of amides is 1. The van der Waals surface area contributed by atoms with E-state index in [9.17, 15) is 4.79 Å². The summed E-state index contributed by atoms with van der Waals surface area (Å²) in [6, 6.07) is 3.45. The van der Waals surface area contributed by atoms with Crippen LogP contribution in [0.1, 0.15) is 5.56 Å². The minimum absolute atomic E-state index is 0.161. The Hall–Kier alpha value is -1.73. The molecule has 6 nitrogen and oxygen atoms in total. The van der Waals surface area contributed by atoms with Gasteiger partial charge in [0, 0.05) is 11.1 Å². The molecule has 0 saturated heterocycles. The van der Waals surface area contributed by atoms with E-state index in [0.717, 1.165) is 5.56 Å². The van der Waals surface area contributed by atoms with E-state index in [1.165, 1.54) is 25.2 Å². The third-order valence-corrected chi connectivity index (χ3v) is 3.77. The molecule has 0 bridgehead atoms.